The minimum absolute atomic E-state index is 0.202. The van der Waals surface area contributed by atoms with E-state index in [0.29, 0.717) is 18.0 Å². The number of rotatable bonds is 7. The van der Waals surface area contributed by atoms with E-state index in [1.54, 1.807) is 24.3 Å². The van der Waals surface area contributed by atoms with Gasteiger partial charge < -0.3 is 25.8 Å². The molecule has 0 aromatic heterocycles. The maximum absolute atomic E-state index is 10.8. The summed E-state index contributed by atoms with van der Waals surface area (Å²) >= 11 is 6.27. The summed E-state index contributed by atoms with van der Waals surface area (Å²) < 4.78 is 5.63. The lowest BCUT2D eigenvalue weighted by atomic mass is 10.2. The number of ether oxygens (including phenoxy) is 1. The molecule has 1 aliphatic heterocycles. The lowest BCUT2D eigenvalue weighted by molar-refractivity contribution is 0.0663. The smallest absolute Gasteiger partial charge is 0.316 e. The van der Waals surface area contributed by atoms with Crippen molar-refractivity contribution in [3.8, 4) is 5.75 Å². The highest BCUT2D eigenvalue weighted by atomic mass is 35.5. The Bertz CT molecular complexity index is 779. The zero-order chi connectivity index (χ0) is 19.9. The number of nitrogens with one attached hydrogen (secondary N) is 1. The van der Waals surface area contributed by atoms with E-state index in [1.165, 1.54) is 0 Å². The molecule has 8 heteroatoms. The summed E-state index contributed by atoms with van der Waals surface area (Å²) in [6.07, 6.45) is -0.588. The average Bonchev–Trinajstić information content (AvgIpc) is 2.68. The number of amides is 2. The number of urea groups is 1. The van der Waals surface area contributed by atoms with Crippen LogP contribution >= 0.6 is 11.6 Å². The Morgan fingerprint density at radius 2 is 1.82 bits per heavy atom. The van der Waals surface area contributed by atoms with Crippen LogP contribution in [0.2, 0.25) is 5.02 Å². The van der Waals surface area contributed by atoms with Gasteiger partial charge in [0.1, 0.15) is 18.5 Å². The summed E-state index contributed by atoms with van der Waals surface area (Å²) in [5.74, 6) is 0.623. The topological polar surface area (TPSA) is 91.1 Å². The van der Waals surface area contributed by atoms with E-state index in [1.807, 2.05) is 24.3 Å². The van der Waals surface area contributed by atoms with E-state index in [9.17, 15) is 9.90 Å². The number of halogens is 1. The van der Waals surface area contributed by atoms with E-state index >= 15 is 0 Å². The van der Waals surface area contributed by atoms with Crippen LogP contribution in [0, 0.1) is 0 Å². The van der Waals surface area contributed by atoms with E-state index in [2.05, 4.69) is 15.1 Å². The molecule has 1 atom stereocenters. The first-order valence-electron chi connectivity index (χ1n) is 9.20. The highest BCUT2D eigenvalue weighted by Crippen LogP contribution is 2.26. The van der Waals surface area contributed by atoms with Crippen LogP contribution in [-0.4, -0.2) is 61.5 Å². The molecule has 150 valence electrons. The standard InChI is InChI=1S/C20H25ClN4O3/c21-18-3-1-2-4-19(18)25-11-9-24(10-12-25)13-16(26)14-28-17-7-5-15(6-8-17)23-20(22)27/h1-8,16,26H,9-14H2,(H3,22,23,27)/t16-/m0/s1. The first kappa shape index (κ1) is 20.3. The molecule has 2 amide bonds. The van der Waals surface area contributed by atoms with Gasteiger partial charge in [-0.1, -0.05) is 23.7 Å². The second-order valence-corrected chi connectivity index (χ2v) is 7.12. The monoisotopic (exact) mass is 404 g/mol. The van der Waals surface area contributed by atoms with Crippen molar-refractivity contribution >= 4 is 29.0 Å². The number of β-amino-alcohol motifs (C(OH)–C–C–N with tert-alkyl or cyclic N) is 1. The second kappa shape index (κ2) is 9.64. The van der Waals surface area contributed by atoms with Crippen molar-refractivity contribution in [2.75, 3.05) is 49.5 Å². The Balaban J connectivity index is 1.40. The number of anilines is 2. The van der Waals surface area contributed by atoms with Crippen LogP contribution in [0.3, 0.4) is 0 Å². The van der Waals surface area contributed by atoms with Crippen LogP contribution in [0.25, 0.3) is 0 Å². The van der Waals surface area contributed by atoms with E-state index in [-0.39, 0.29) is 6.61 Å². The van der Waals surface area contributed by atoms with Crippen LogP contribution in [-0.2, 0) is 0 Å². The maximum Gasteiger partial charge on any atom is 0.316 e. The van der Waals surface area contributed by atoms with E-state index in [0.717, 1.165) is 36.9 Å². The van der Waals surface area contributed by atoms with Gasteiger partial charge in [-0.2, -0.15) is 0 Å². The SMILES string of the molecule is NC(=O)Nc1ccc(OC[C@@H](O)CN2CCN(c3ccccc3Cl)CC2)cc1. The summed E-state index contributed by atoms with van der Waals surface area (Å²) in [6.45, 7) is 4.20. The summed E-state index contributed by atoms with van der Waals surface area (Å²) in [5.41, 5.74) is 6.72. The van der Waals surface area contributed by atoms with Gasteiger partial charge in [-0.05, 0) is 36.4 Å². The number of nitrogens with two attached hydrogens (primary N) is 1. The number of para-hydroxylation sites is 1. The van der Waals surface area contributed by atoms with E-state index < -0.39 is 12.1 Å². The zero-order valence-corrected chi connectivity index (χ0v) is 16.3. The fourth-order valence-electron chi connectivity index (χ4n) is 3.20. The second-order valence-electron chi connectivity index (χ2n) is 6.72. The largest absolute Gasteiger partial charge is 0.491 e. The molecule has 0 radical (unpaired) electrons. The maximum atomic E-state index is 10.8. The molecular weight excluding hydrogens is 380 g/mol. The number of nitrogens with zero attached hydrogens (tertiary/aromatic N) is 2. The lowest BCUT2D eigenvalue weighted by Gasteiger charge is -2.37. The van der Waals surface area contributed by atoms with Gasteiger partial charge >= 0.3 is 6.03 Å². The molecule has 3 rings (SSSR count). The molecular formula is C20H25ClN4O3. The molecule has 0 saturated carbocycles. The third kappa shape index (κ3) is 5.76. The fourth-order valence-corrected chi connectivity index (χ4v) is 3.45. The first-order chi connectivity index (χ1) is 13.5. The predicted molar refractivity (Wildman–Crippen MR) is 111 cm³/mol. The van der Waals surface area contributed by atoms with Gasteiger partial charge in [-0.15, -0.1) is 0 Å². The van der Waals surface area contributed by atoms with Crippen molar-refractivity contribution in [1.82, 2.24) is 4.90 Å². The minimum Gasteiger partial charge on any atom is -0.491 e. The van der Waals surface area contributed by atoms with Crippen molar-refractivity contribution in [2.24, 2.45) is 5.73 Å². The van der Waals surface area contributed by atoms with Gasteiger partial charge in [-0.3, -0.25) is 4.90 Å². The molecule has 4 N–H and O–H groups in total. The molecule has 1 saturated heterocycles. The van der Waals surface area contributed by atoms with Gasteiger partial charge in [0, 0.05) is 38.4 Å². The summed E-state index contributed by atoms with van der Waals surface area (Å²) in [4.78, 5) is 15.3. The highest BCUT2D eigenvalue weighted by Gasteiger charge is 2.20. The van der Waals surface area contributed by atoms with Gasteiger partial charge in [0.2, 0.25) is 0 Å². The molecule has 2 aromatic rings. The molecule has 28 heavy (non-hydrogen) atoms. The van der Waals surface area contributed by atoms with Gasteiger partial charge in [0.25, 0.3) is 0 Å². The molecule has 1 aliphatic rings. The molecule has 0 aliphatic carbocycles. The molecule has 0 bridgehead atoms. The number of primary amides is 1. The number of benzene rings is 2. The Morgan fingerprint density at radius 3 is 2.46 bits per heavy atom. The predicted octanol–water partition coefficient (Wildman–Crippen LogP) is 2.39. The first-order valence-corrected chi connectivity index (χ1v) is 9.58. The van der Waals surface area contributed by atoms with E-state index in [4.69, 9.17) is 22.1 Å². The van der Waals surface area contributed by atoms with Crippen molar-refractivity contribution in [1.29, 1.82) is 0 Å². The number of hydrogen-bond acceptors (Lipinski definition) is 5. The summed E-state index contributed by atoms with van der Waals surface area (Å²) in [6, 6.07) is 14.1. The zero-order valence-electron chi connectivity index (χ0n) is 15.6. The Kier molecular flexibility index (Phi) is 6.97. The van der Waals surface area contributed by atoms with Crippen LogP contribution in [0.4, 0.5) is 16.2 Å². The third-order valence-corrected chi connectivity index (χ3v) is 4.92. The van der Waals surface area contributed by atoms with Gasteiger partial charge in [0.15, 0.2) is 0 Å². The molecule has 0 spiro atoms. The van der Waals surface area contributed by atoms with Gasteiger partial charge in [-0.25, -0.2) is 4.79 Å². The minimum atomic E-state index is -0.612. The Morgan fingerprint density at radius 1 is 1.14 bits per heavy atom. The van der Waals surface area contributed by atoms with Crippen molar-refractivity contribution in [3.05, 3.63) is 53.6 Å². The van der Waals surface area contributed by atoms with Gasteiger partial charge in [0.05, 0.1) is 10.7 Å². The fraction of sp³-hybridized carbons (Fsp3) is 0.350. The summed E-state index contributed by atoms with van der Waals surface area (Å²) in [7, 11) is 0. The molecule has 2 aromatic carbocycles. The average molecular weight is 405 g/mol. The molecule has 0 unspecified atom stereocenters. The molecule has 1 heterocycles. The normalized spacial score (nSPS) is 15.9. The Hall–Kier alpha value is -2.48. The summed E-state index contributed by atoms with van der Waals surface area (Å²) in [5, 5.41) is 13.5. The number of carbonyl (C=O) groups excluding carboxylic acids is 1. The van der Waals surface area contributed by atoms with Crippen LogP contribution in [0.1, 0.15) is 0 Å². The van der Waals surface area contributed by atoms with Crippen LogP contribution < -0.4 is 20.7 Å². The number of carbonyl (C=O) groups is 1. The van der Waals surface area contributed by atoms with Crippen molar-refractivity contribution in [3.63, 3.8) is 0 Å². The number of aliphatic hydroxyl groups excluding tert-OH is 1. The number of piperazine rings is 1. The van der Waals surface area contributed by atoms with Crippen LogP contribution in [0.15, 0.2) is 48.5 Å². The van der Waals surface area contributed by atoms with Crippen molar-refractivity contribution < 1.29 is 14.6 Å². The number of aliphatic hydroxyl groups is 1. The Labute approximate surface area is 169 Å². The quantitative estimate of drug-likeness (QED) is 0.659. The van der Waals surface area contributed by atoms with Crippen molar-refractivity contribution in [2.45, 2.75) is 6.10 Å². The molecule has 7 nitrogen and oxygen atoms in total. The third-order valence-electron chi connectivity index (χ3n) is 4.60. The highest BCUT2D eigenvalue weighted by molar-refractivity contribution is 6.33. The number of hydrogen-bond donors (Lipinski definition) is 3. The molecule has 1 fully saturated rings. The lowest BCUT2D eigenvalue weighted by Crippen LogP contribution is -2.49. The van der Waals surface area contributed by atoms with Crippen LogP contribution in [0.5, 0.6) is 5.75 Å².